The molecule has 0 aromatic heterocycles. The SMILES string of the molecule is O=C(C=CF)OC(C(F)(F)F)C(F)(F)F. The Morgan fingerprint density at radius 2 is 1.47 bits per heavy atom. The van der Waals surface area contributed by atoms with E-state index in [-0.39, 0.29) is 6.08 Å². The lowest BCUT2D eigenvalue weighted by atomic mass is 10.3. The van der Waals surface area contributed by atoms with Crippen molar-refractivity contribution in [3.8, 4) is 0 Å². The molecule has 0 N–H and O–H groups in total. The van der Waals surface area contributed by atoms with Gasteiger partial charge in [-0.05, 0) is 0 Å². The Labute approximate surface area is 78.3 Å². The lowest BCUT2D eigenvalue weighted by Crippen LogP contribution is -2.45. The van der Waals surface area contributed by atoms with Gasteiger partial charge in [-0.15, -0.1) is 0 Å². The van der Waals surface area contributed by atoms with Gasteiger partial charge in [-0.1, -0.05) is 0 Å². The lowest BCUT2D eigenvalue weighted by molar-refractivity contribution is -0.312. The van der Waals surface area contributed by atoms with Gasteiger partial charge in [0.15, 0.2) is 0 Å². The Kier molecular flexibility index (Phi) is 4.11. The number of hydrogen-bond donors (Lipinski definition) is 0. The Hall–Kier alpha value is -1.28. The van der Waals surface area contributed by atoms with Crippen molar-refractivity contribution in [2.24, 2.45) is 0 Å². The molecule has 0 amide bonds. The standard InChI is InChI=1S/C6H3F7O2/c7-2-1-3(14)15-4(5(8,9)10)6(11,12)13/h1-2,4H. The van der Waals surface area contributed by atoms with Crippen molar-refractivity contribution >= 4 is 5.97 Å². The minimum atomic E-state index is -5.79. The first kappa shape index (κ1) is 13.7. The molecule has 2 nitrogen and oxygen atoms in total. The van der Waals surface area contributed by atoms with Crippen LogP contribution in [0.4, 0.5) is 30.7 Å². The first-order valence-electron chi connectivity index (χ1n) is 3.20. The number of hydrogen-bond acceptors (Lipinski definition) is 2. The highest BCUT2D eigenvalue weighted by atomic mass is 19.4. The molecule has 0 aliphatic heterocycles. The van der Waals surface area contributed by atoms with Crippen LogP contribution >= 0.6 is 0 Å². The number of carbonyl (C=O) groups excluding carboxylic acids is 1. The number of esters is 1. The third kappa shape index (κ3) is 4.66. The molecule has 0 bridgehead atoms. The van der Waals surface area contributed by atoms with Crippen LogP contribution in [-0.2, 0) is 9.53 Å². The maximum Gasteiger partial charge on any atom is 0.434 e. The highest BCUT2D eigenvalue weighted by Crippen LogP contribution is 2.35. The van der Waals surface area contributed by atoms with Crippen LogP contribution in [0, 0.1) is 0 Å². The molecule has 15 heavy (non-hydrogen) atoms. The molecule has 0 aromatic rings. The van der Waals surface area contributed by atoms with Crippen molar-refractivity contribution in [3.05, 3.63) is 12.4 Å². The Morgan fingerprint density at radius 3 is 1.73 bits per heavy atom. The second-order valence-corrected chi connectivity index (χ2v) is 2.19. The van der Waals surface area contributed by atoms with E-state index in [1.807, 2.05) is 0 Å². The second kappa shape index (κ2) is 4.49. The Bertz CT molecular complexity index is 237. The monoisotopic (exact) mass is 240 g/mol. The van der Waals surface area contributed by atoms with Gasteiger partial charge in [-0.2, -0.15) is 26.3 Å². The summed E-state index contributed by atoms with van der Waals surface area (Å²) in [6.45, 7) is 0. The van der Waals surface area contributed by atoms with Crippen molar-refractivity contribution < 1.29 is 40.3 Å². The summed E-state index contributed by atoms with van der Waals surface area (Å²) < 4.78 is 84.5. The summed E-state index contributed by atoms with van der Waals surface area (Å²) >= 11 is 0. The summed E-state index contributed by atoms with van der Waals surface area (Å²) in [5.74, 6) is -2.07. The van der Waals surface area contributed by atoms with Crippen LogP contribution in [0.15, 0.2) is 12.4 Å². The van der Waals surface area contributed by atoms with Gasteiger partial charge in [-0.25, -0.2) is 9.18 Å². The Morgan fingerprint density at radius 1 is 1.07 bits per heavy atom. The van der Waals surface area contributed by atoms with Gasteiger partial charge in [0, 0.05) is 0 Å². The quantitative estimate of drug-likeness (QED) is 0.421. The van der Waals surface area contributed by atoms with E-state index >= 15 is 0 Å². The van der Waals surface area contributed by atoms with Crippen LogP contribution in [0.25, 0.3) is 0 Å². The van der Waals surface area contributed by atoms with Crippen LogP contribution in [-0.4, -0.2) is 24.4 Å². The molecule has 0 aliphatic rings. The van der Waals surface area contributed by atoms with Crippen molar-refractivity contribution in [2.75, 3.05) is 0 Å². The fourth-order valence-electron chi connectivity index (χ4n) is 0.526. The molecule has 0 heterocycles. The van der Waals surface area contributed by atoms with Gasteiger partial charge in [0.25, 0.3) is 6.10 Å². The molecule has 0 fully saturated rings. The minimum Gasteiger partial charge on any atom is -0.440 e. The van der Waals surface area contributed by atoms with E-state index in [2.05, 4.69) is 4.74 Å². The zero-order chi connectivity index (χ0) is 12.3. The Balaban J connectivity index is 4.77. The molecule has 0 spiro atoms. The van der Waals surface area contributed by atoms with Crippen LogP contribution < -0.4 is 0 Å². The van der Waals surface area contributed by atoms with E-state index in [9.17, 15) is 35.5 Å². The van der Waals surface area contributed by atoms with Crippen LogP contribution in [0.2, 0.25) is 0 Å². The summed E-state index contributed by atoms with van der Waals surface area (Å²) in [6, 6.07) is 0. The number of carbonyl (C=O) groups is 1. The van der Waals surface area contributed by atoms with Gasteiger partial charge >= 0.3 is 18.3 Å². The summed E-state index contributed by atoms with van der Waals surface area (Å²) in [6.07, 6.45) is -16.6. The minimum absolute atomic E-state index is 0.204. The topological polar surface area (TPSA) is 26.3 Å². The number of ether oxygens (including phenoxy) is 1. The number of alkyl halides is 6. The third-order valence-corrected chi connectivity index (χ3v) is 1.03. The molecule has 0 radical (unpaired) electrons. The predicted octanol–water partition coefficient (Wildman–Crippen LogP) is 2.51. The molecule has 0 atom stereocenters. The van der Waals surface area contributed by atoms with E-state index in [0.717, 1.165) is 0 Å². The summed E-state index contributed by atoms with van der Waals surface area (Å²) in [7, 11) is 0. The molecule has 0 saturated heterocycles. The van der Waals surface area contributed by atoms with Gasteiger partial charge in [0.1, 0.15) is 0 Å². The average Bonchev–Trinajstić information content (AvgIpc) is 1.96. The maximum atomic E-state index is 11.7. The molecule has 0 aliphatic carbocycles. The highest BCUT2D eigenvalue weighted by Gasteiger charge is 2.59. The van der Waals surface area contributed by atoms with Crippen molar-refractivity contribution in [2.45, 2.75) is 18.5 Å². The van der Waals surface area contributed by atoms with Crippen LogP contribution in [0.1, 0.15) is 0 Å². The zero-order valence-corrected chi connectivity index (χ0v) is 6.69. The van der Waals surface area contributed by atoms with Crippen molar-refractivity contribution in [1.82, 2.24) is 0 Å². The largest absolute Gasteiger partial charge is 0.440 e. The van der Waals surface area contributed by atoms with E-state index in [4.69, 9.17) is 0 Å². The number of rotatable bonds is 2. The molecule has 88 valence electrons. The summed E-state index contributed by atoms with van der Waals surface area (Å²) in [5, 5.41) is 0. The average molecular weight is 240 g/mol. The fraction of sp³-hybridized carbons (Fsp3) is 0.500. The first-order valence-corrected chi connectivity index (χ1v) is 3.20. The smallest absolute Gasteiger partial charge is 0.434 e. The van der Waals surface area contributed by atoms with Gasteiger partial charge in [0.2, 0.25) is 0 Å². The van der Waals surface area contributed by atoms with Crippen LogP contribution in [0.5, 0.6) is 0 Å². The summed E-state index contributed by atoms with van der Waals surface area (Å²) in [5.41, 5.74) is 0. The van der Waals surface area contributed by atoms with Crippen molar-refractivity contribution in [1.29, 1.82) is 0 Å². The van der Waals surface area contributed by atoms with Crippen molar-refractivity contribution in [3.63, 3.8) is 0 Å². The molecule has 0 aromatic carbocycles. The zero-order valence-electron chi connectivity index (χ0n) is 6.69. The lowest BCUT2D eigenvalue weighted by Gasteiger charge is -2.21. The van der Waals surface area contributed by atoms with E-state index in [1.54, 1.807) is 0 Å². The molecule has 0 saturated carbocycles. The van der Waals surface area contributed by atoms with Crippen LogP contribution in [0.3, 0.4) is 0 Å². The first-order chi connectivity index (χ1) is 6.59. The summed E-state index contributed by atoms with van der Waals surface area (Å²) in [4.78, 5) is 10.2. The maximum absolute atomic E-state index is 11.7. The second-order valence-electron chi connectivity index (χ2n) is 2.19. The van der Waals surface area contributed by atoms with E-state index in [1.165, 1.54) is 0 Å². The van der Waals surface area contributed by atoms with E-state index in [0.29, 0.717) is 0 Å². The van der Waals surface area contributed by atoms with Gasteiger partial charge in [-0.3, -0.25) is 0 Å². The fourth-order valence-corrected chi connectivity index (χ4v) is 0.526. The number of halogens is 7. The normalized spacial score (nSPS) is 13.6. The third-order valence-electron chi connectivity index (χ3n) is 1.03. The molecule has 9 heteroatoms. The molecular weight excluding hydrogens is 237 g/mol. The van der Waals surface area contributed by atoms with E-state index < -0.39 is 30.8 Å². The highest BCUT2D eigenvalue weighted by molar-refractivity contribution is 5.81. The van der Waals surface area contributed by atoms with Gasteiger partial charge in [0.05, 0.1) is 12.4 Å². The molecule has 0 unspecified atom stereocenters. The molecule has 0 rings (SSSR count). The molecular formula is C6H3F7O2. The van der Waals surface area contributed by atoms with Gasteiger partial charge < -0.3 is 4.74 Å². The predicted molar refractivity (Wildman–Crippen MR) is 32.2 cm³/mol.